The number of nitrogen functional groups attached to an aromatic ring is 1. The Morgan fingerprint density at radius 2 is 2.26 bits per heavy atom. The lowest BCUT2D eigenvalue weighted by atomic mass is 10.2. The highest BCUT2D eigenvalue weighted by Crippen LogP contribution is 2.14. The number of rotatable bonds is 4. The summed E-state index contributed by atoms with van der Waals surface area (Å²) in [5.41, 5.74) is 8.93. The molecule has 0 saturated heterocycles. The Hall–Kier alpha value is -1.85. The Balaban J connectivity index is 1.68. The van der Waals surface area contributed by atoms with Crippen LogP contribution in [0.15, 0.2) is 42.0 Å². The van der Waals surface area contributed by atoms with Gasteiger partial charge in [0.1, 0.15) is 0 Å². The van der Waals surface area contributed by atoms with Crippen molar-refractivity contribution in [2.24, 2.45) is 0 Å². The topological polar surface area (TPSA) is 46.6 Å². The minimum atomic E-state index is 0.813. The molecule has 0 fully saturated rings. The molecule has 0 aliphatic rings. The number of hydrogen-bond acceptors (Lipinski definition) is 4. The molecule has 0 aliphatic carbocycles. The van der Waals surface area contributed by atoms with Crippen molar-refractivity contribution < 1.29 is 0 Å². The molecule has 98 valence electrons. The summed E-state index contributed by atoms with van der Waals surface area (Å²) in [6, 6.07) is 8.01. The number of fused-ring (bicyclic) bond motifs is 1. The molecule has 0 bridgehead atoms. The molecule has 2 aromatic heterocycles. The van der Waals surface area contributed by atoms with Gasteiger partial charge in [-0.3, -0.25) is 9.30 Å². The van der Waals surface area contributed by atoms with Gasteiger partial charge in [0.25, 0.3) is 0 Å². The van der Waals surface area contributed by atoms with Crippen LogP contribution in [0.4, 0.5) is 5.69 Å². The summed E-state index contributed by atoms with van der Waals surface area (Å²) in [7, 11) is 2.09. The van der Waals surface area contributed by atoms with Crippen LogP contribution < -0.4 is 5.73 Å². The second-order valence-corrected chi connectivity index (χ2v) is 5.62. The highest BCUT2D eigenvalue weighted by Gasteiger charge is 2.06. The fourth-order valence-corrected chi connectivity index (χ4v) is 2.91. The Kier molecular flexibility index (Phi) is 3.23. The summed E-state index contributed by atoms with van der Waals surface area (Å²) in [4.78, 5) is 7.87. The minimum absolute atomic E-state index is 0.813. The minimum Gasteiger partial charge on any atom is -0.399 e. The number of benzene rings is 1. The molecule has 0 amide bonds. The second kappa shape index (κ2) is 5.03. The van der Waals surface area contributed by atoms with Crippen LogP contribution in [0.1, 0.15) is 11.3 Å². The molecule has 0 saturated carbocycles. The van der Waals surface area contributed by atoms with Crippen LogP contribution in [0.25, 0.3) is 4.96 Å². The van der Waals surface area contributed by atoms with Gasteiger partial charge in [0.2, 0.25) is 0 Å². The van der Waals surface area contributed by atoms with Crippen molar-refractivity contribution in [2.75, 3.05) is 12.8 Å². The van der Waals surface area contributed by atoms with E-state index in [4.69, 9.17) is 5.73 Å². The number of nitrogens with zero attached hydrogens (tertiary/aromatic N) is 3. The maximum Gasteiger partial charge on any atom is 0.193 e. The first kappa shape index (κ1) is 12.2. The third-order valence-corrected chi connectivity index (χ3v) is 3.75. The van der Waals surface area contributed by atoms with E-state index in [-0.39, 0.29) is 0 Å². The maximum absolute atomic E-state index is 5.79. The Bertz CT molecular complexity index is 657. The molecule has 5 heteroatoms. The lowest BCUT2D eigenvalue weighted by Gasteiger charge is -2.15. The molecule has 19 heavy (non-hydrogen) atoms. The fraction of sp³-hybridized carbons (Fsp3) is 0.214. The lowest BCUT2D eigenvalue weighted by Crippen LogP contribution is -2.17. The Labute approximate surface area is 116 Å². The summed E-state index contributed by atoms with van der Waals surface area (Å²) in [6.07, 6.45) is 4.12. The van der Waals surface area contributed by atoms with Crippen molar-refractivity contribution in [1.29, 1.82) is 0 Å². The summed E-state index contributed by atoms with van der Waals surface area (Å²) < 4.78 is 2.06. The number of aromatic nitrogens is 2. The van der Waals surface area contributed by atoms with Gasteiger partial charge in [-0.15, -0.1) is 11.3 Å². The van der Waals surface area contributed by atoms with E-state index in [0.29, 0.717) is 0 Å². The fourth-order valence-electron chi connectivity index (χ4n) is 2.19. The van der Waals surface area contributed by atoms with Crippen molar-refractivity contribution in [3.63, 3.8) is 0 Å². The van der Waals surface area contributed by atoms with Crippen molar-refractivity contribution in [1.82, 2.24) is 14.3 Å². The smallest absolute Gasteiger partial charge is 0.193 e. The molecular formula is C14H16N4S. The largest absolute Gasteiger partial charge is 0.399 e. The van der Waals surface area contributed by atoms with Crippen LogP contribution in [0.5, 0.6) is 0 Å². The molecule has 0 unspecified atom stereocenters. The molecule has 3 aromatic rings. The van der Waals surface area contributed by atoms with E-state index in [9.17, 15) is 0 Å². The normalized spacial score (nSPS) is 11.5. The molecule has 3 rings (SSSR count). The second-order valence-electron chi connectivity index (χ2n) is 4.74. The van der Waals surface area contributed by atoms with E-state index >= 15 is 0 Å². The van der Waals surface area contributed by atoms with E-state index in [1.807, 2.05) is 29.8 Å². The summed E-state index contributed by atoms with van der Waals surface area (Å²) in [5.74, 6) is 0. The molecular weight excluding hydrogens is 256 g/mol. The molecule has 0 aliphatic heterocycles. The SMILES string of the molecule is CN(Cc1cccc(N)c1)Cc1cn2ccsc2n1. The average molecular weight is 272 g/mol. The highest BCUT2D eigenvalue weighted by atomic mass is 32.1. The van der Waals surface area contributed by atoms with Crippen molar-refractivity contribution in [3.05, 3.63) is 53.3 Å². The number of anilines is 1. The van der Waals surface area contributed by atoms with E-state index in [0.717, 1.165) is 29.4 Å². The van der Waals surface area contributed by atoms with Gasteiger partial charge < -0.3 is 5.73 Å². The molecule has 1 aromatic carbocycles. The van der Waals surface area contributed by atoms with E-state index in [1.54, 1.807) is 11.3 Å². The molecule has 2 heterocycles. The molecule has 0 atom stereocenters. The third kappa shape index (κ3) is 2.77. The molecule has 4 nitrogen and oxygen atoms in total. The van der Waals surface area contributed by atoms with Crippen molar-refractivity contribution in [3.8, 4) is 0 Å². The quantitative estimate of drug-likeness (QED) is 0.743. The summed E-state index contributed by atoms with van der Waals surface area (Å²) >= 11 is 1.66. The van der Waals surface area contributed by atoms with Gasteiger partial charge in [0.15, 0.2) is 4.96 Å². The highest BCUT2D eigenvalue weighted by molar-refractivity contribution is 7.15. The molecule has 0 spiro atoms. The zero-order valence-corrected chi connectivity index (χ0v) is 11.6. The first-order valence-electron chi connectivity index (χ1n) is 6.15. The van der Waals surface area contributed by atoms with Crippen molar-refractivity contribution >= 4 is 22.0 Å². The zero-order valence-electron chi connectivity index (χ0n) is 10.8. The van der Waals surface area contributed by atoms with Crippen LogP contribution in [-0.2, 0) is 13.1 Å². The third-order valence-electron chi connectivity index (χ3n) is 2.98. The van der Waals surface area contributed by atoms with Crippen LogP contribution in [-0.4, -0.2) is 21.3 Å². The number of nitrogens with two attached hydrogens (primary N) is 1. The molecule has 0 radical (unpaired) electrons. The van der Waals surface area contributed by atoms with Crippen LogP contribution in [0, 0.1) is 0 Å². The number of imidazole rings is 1. The first-order chi connectivity index (χ1) is 9.20. The van der Waals surface area contributed by atoms with Crippen LogP contribution in [0.3, 0.4) is 0 Å². The summed E-state index contributed by atoms with van der Waals surface area (Å²) in [6.45, 7) is 1.71. The monoisotopic (exact) mass is 272 g/mol. The van der Waals surface area contributed by atoms with Gasteiger partial charge in [-0.25, -0.2) is 4.98 Å². The average Bonchev–Trinajstić information content (AvgIpc) is 2.89. The van der Waals surface area contributed by atoms with E-state index < -0.39 is 0 Å². The number of hydrogen-bond donors (Lipinski definition) is 1. The Morgan fingerprint density at radius 1 is 1.37 bits per heavy atom. The van der Waals surface area contributed by atoms with Gasteiger partial charge in [-0.05, 0) is 24.7 Å². The van der Waals surface area contributed by atoms with Gasteiger partial charge in [-0.2, -0.15) is 0 Å². The molecule has 2 N–H and O–H groups in total. The lowest BCUT2D eigenvalue weighted by molar-refractivity contribution is 0.316. The van der Waals surface area contributed by atoms with Gasteiger partial charge in [-0.1, -0.05) is 12.1 Å². The van der Waals surface area contributed by atoms with Crippen molar-refractivity contribution in [2.45, 2.75) is 13.1 Å². The van der Waals surface area contributed by atoms with Gasteiger partial charge >= 0.3 is 0 Å². The van der Waals surface area contributed by atoms with Crippen LogP contribution >= 0.6 is 11.3 Å². The van der Waals surface area contributed by atoms with Gasteiger partial charge in [0, 0.05) is 36.6 Å². The standard InChI is InChI=1S/C14H16N4S/c1-17(8-11-3-2-4-12(15)7-11)9-13-10-18-5-6-19-14(18)16-13/h2-7,10H,8-9,15H2,1H3. The van der Waals surface area contributed by atoms with Gasteiger partial charge in [0.05, 0.1) is 5.69 Å². The van der Waals surface area contributed by atoms with E-state index in [1.165, 1.54) is 5.56 Å². The first-order valence-corrected chi connectivity index (χ1v) is 7.03. The predicted octanol–water partition coefficient (Wildman–Crippen LogP) is 2.61. The maximum atomic E-state index is 5.79. The Morgan fingerprint density at radius 3 is 3.05 bits per heavy atom. The van der Waals surface area contributed by atoms with E-state index in [2.05, 4.69) is 33.6 Å². The predicted molar refractivity (Wildman–Crippen MR) is 79.1 cm³/mol. The summed E-state index contributed by atoms with van der Waals surface area (Å²) in [5, 5.41) is 2.04. The van der Waals surface area contributed by atoms with Crippen LogP contribution in [0.2, 0.25) is 0 Å². The zero-order chi connectivity index (χ0) is 13.2. The number of thiazole rings is 1.